The van der Waals surface area contributed by atoms with Gasteiger partial charge in [0.15, 0.2) is 0 Å². The van der Waals surface area contributed by atoms with E-state index in [-0.39, 0.29) is 18.2 Å². The van der Waals surface area contributed by atoms with E-state index in [9.17, 15) is 13.6 Å². The summed E-state index contributed by atoms with van der Waals surface area (Å²) in [6.07, 6.45) is -0.335. The van der Waals surface area contributed by atoms with Gasteiger partial charge < -0.3 is 10.1 Å². The van der Waals surface area contributed by atoms with E-state index < -0.39 is 17.5 Å². The Morgan fingerprint density at radius 1 is 1.19 bits per heavy atom. The van der Waals surface area contributed by atoms with Crippen LogP contribution in [-0.4, -0.2) is 19.6 Å². The molecule has 0 saturated heterocycles. The number of hydrogen-bond donors (Lipinski definition) is 1. The molecule has 2 aromatic rings. The van der Waals surface area contributed by atoms with Crippen molar-refractivity contribution in [2.45, 2.75) is 6.10 Å². The van der Waals surface area contributed by atoms with E-state index in [1.165, 1.54) is 7.11 Å². The molecule has 1 unspecified atom stereocenters. The molecule has 1 atom stereocenters. The molecule has 0 radical (unpaired) electrons. The van der Waals surface area contributed by atoms with Gasteiger partial charge in [-0.15, -0.1) is 0 Å². The van der Waals surface area contributed by atoms with Gasteiger partial charge in [0.1, 0.15) is 11.6 Å². The van der Waals surface area contributed by atoms with Crippen molar-refractivity contribution in [1.29, 1.82) is 0 Å². The number of hydrogen-bond acceptors (Lipinski definition) is 2. The standard InChI is InChI=1S/C16H15F2NO2/c1-21-15(11-5-3-2-4-6-11)10-19-16(20)13-8-7-12(17)9-14(13)18/h2-9,15H,10H2,1H3,(H,19,20). The van der Waals surface area contributed by atoms with Gasteiger partial charge in [-0.3, -0.25) is 4.79 Å². The highest BCUT2D eigenvalue weighted by Gasteiger charge is 2.15. The zero-order chi connectivity index (χ0) is 15.2. The summed E-state index contributed by atoms with van der Waals surface area (Å²) in [6, 6.07) is 12.2. The monoisotopic (exact) mass is 291 g/mol. The van der Waals surface area contributed by atoms with Crippen LogP contribution < -0.4 is 5.32 Å². The molecule has 21 heavy (non-hydrogen) atoms. The van der Waals surface area contributed by atoms with E-state index in [0.29, 0.717) is 6.07 Å². The first-order valence-electron chi connectivity index (χ1n) is 6.43. The van der Waals surface area contributed by atoms with Gasteiger partial charge in [0.2, 0.25) is 0 Å². The predicted molar refractivity (Wildman–Crippen MR) is 74.9 cm³/mol. The minimum absolute atomic E-state index is 0.191. The number of rotatable bonds is 5. The molecular weight excluding hydrogens is 276 g/mol. The predicted octanol–water partition coefficient (Wildman–Crippen LogP) is 3.08. The second-order valence-corrected chi connectivity index (χ2v) is 4.47. The van der Waals surface area contributed by atoms with E-state index in [1.54, 1.807) is 0 Å². The van der Waals surface area contributed by atoms with Gasteiger partial charge >= 0.3 is 0 Å². The SMILES string of the molecule is COC(CNC(=O)c1ccc(F)cc1F)c1ccccc1. The average molecular weight is 291 g/mol. The van der Waals surface area contributed by atoms with E-state index in [1.807, 2.05) is 30.3 Å². The second kappa shape index (κ2) is 6.95. The third-order valence-electron chi connectivity index (χ3n) is 3.08. The smallest absolute Gasteiger partial charge is 0.254 e. The lowest BCUT2D eigenvalue weighted by atomic mass is 10.1. The van der Waals surface area contributed by atoms with Gasteiger partial charge in [0.05, 0.1) is 11.7 Å². The maximum absolute atomic E-state index is 13.5. The summed E-state index contributed by atoms with van der Waals surface area (Å²) in [4.78, 5) is 11.9. The van der Waals surface area contributed by atoms with Crippen LogP contribution >= 0.6 is 0 Å². The number of benzene rings is 2. The van der Waals surface area contributed by atoms with Gasteiger partial charge in [0, 0.05) is 19.7 Å². The van der Waals surface area contributed by atoms with Crippen molar-refractivity contribution in [1.82, 2.24) is 5.32 Å². The normalized spacial score (nSPS) is 12.0. The zero-order valence-corrected chi connectivity index (χ0v) is 11.5. The molecular formula is C16H15F2NO2. The Balaban J connectivity index is 2.03. The molecule has 2 rings (SSSR count). The maximum Gasteiger partial charge on any atom is 0.254 e. The summed E-state index contributed by atoms with van der Waals surface area (Å²) in [5.41, 5.74) is 0.708. The molecule has 5 heteroatoms. The van der Waals surface area contributed by atoms with Crippen LogP contribution in [-0.2, 0) is 4.74 Å². The first-order valence-corrected chi connectivity index (χ1v) is 6.43. The van der Waals surface area contributed by atoms with Crippen molar-refractivity contribution < 1.29 is 18.3 Å². The lowest BCUT2D eigenvalue weighted by molar-refractivity contribution is 0.0825. The molecule has 0 aromatic heterocycles. The molecule has 1 amide bonds. The zero-order valence-electron chi connectivity index (χ0n) is 11.5. The number of ether oxygens (including phenoxy) is 1. The molecule has 110 valence electrons. The number of carbonyl (C=O) groups excluding carboxylic acids is 1. The lowest BCUT2D eigenvalue weighted by Crippen LogP contribution is -2.29. The fourth-order valence-corrected chi connectivity index (χ4v) is 1.96. The fraction of sp³-hybridized carbons (Fsp3) is 0.188. The van der Waals surface area contributed by atoms with Crippen LogP contribution in [0.3, 0.4) is 0 Å². The van der Waals surface area contributed by atoms with E-state index in [0.717, 1.165) is 17.7 Å². The first kappa shape index (κ1) is 15.1. The van der Waals surface area contributed by atoms with E-state index in [4.69, 9.17) is 4.74 Å². The van der Waals surface area contributed by atoms with Crippen molar-refractivity contribution in [3.05, 3.63) is 71.3 Å². The Labute approximate surface area is 121 Å². The highest BCUT2D eigenvalue weighted by Crippen LogP contribution is 2.15. The molecule has 0 fully saturated rings. The third kappa shape index (κ3) is 3.86. The summed E-state index contributed by atoms with van der Waals surface area (Å²) in [6.45, 7) is 0.191. The highest BCUT2D eigenvalue weighted by atomic mass is 19.1. The number of carbonyl (C=O) groups is 1. The van der Waals surface area contributed by atoms with Crippen LogP contribution in [0.1, 0.15) is 22.0 Å². The quantitative estimate of drug-likeness (QED) is 0.919. The molecule has 1 N–H and O–H groups in total. The minimum Gasteiger partial charge on any atom is -0.375 e. The number of amides is 1. The topological polar surface area (TPSA) is 38.3 Å². The molecule has 3 nitrogen and oxygen atoms in total. The minimum atomic E-state index is -0.888. The lowest BCUT2D eigenvalue weighted by Gasteiger charge is -2.16. The van der Waals surface area contributed by atoms with Crippen LogP contribution in [0.5, 0.6) is 0 Å². The van der Waals surface area contributed by atoms with Crippen LogP contribution in [0.2, 0.25) is 0 Å². The van der Waals surface area contributed by atoms with Gasteiger partial charge in [-0.1, -0.05) is 30.3 Å². The molecule has 0 saturated carbocycles. The van der Waals surface area contributed by atoms with Crippen LogP contribution in [0.25, 0.3) is 0 Å². The number of nitrogens with one attached hydrogen (secondary N) is 1. The molecule has 0 bridgehead atoms. The van der Waals surface area contributed by atoms with Crippen LogP contribution in [0, 0.1) is 11.6 Å². The summed E-state index contributed by atoms with van der Waals surface area (Å²) >= 11 is 0. The molecule has 0 aliphatic rings. The molecule has 0 aliphatic heterocycles. The number of methoxy groups -OCH3 is 1. The first-order chi connectivity index (χ1) is 10.1. The molecule has 2 aromatic carbocycles. The average Bonchev–Trinajstić information content (AvgIpc) is 2.48. The molecule has 0 aliphatic carbocycles. The summed E-state index contributed by atoms with van der Waals surface area (Å²) in [5.74, 6) is -2.21. The molecule has 0 heterocycles. The van der Waals surface area contributed by atoms with Crippen molar-refractivity contribution in [3.8, 4) is 0 Å². The van der Waals surface area contributed by atoms with E-state index in [2.05, 4.69) is 5.32 Å². The van der Waals surface area contributed by atoms with Crippen LogP contribution in [0.15, 0.2) is 48.5 Å². The van der Waals surface area contributed by atoms with Gasteiger partial charge in [-0.05, 0) is 17.7 Å². The van der Waals surface area contributed by atoms with Crippen molar-refractivity contribution >= 4 is 5.91 Å². The van der Waals surface area contributed by atoms with Crippen molar-refractivity contribution in [2.24, 2.45) is 0 Å². The van der Waals surface area contributed by atoms with Crippen molar-refractivity contribution in [3.63, 3.8) is 0 Å². The Kier molecular flexibility index (Phi) is 5.00. The van der Waals surface area contributed by atoms with Crippen molar-refractivity contribution in [2.75, 3.05) is 13.7 Å². The Morgan fingerprint density at radius 3 is 2.52 bits per heavy atom. The summed E-state index contributed by atoms with van der Waals surface area (Å²) < 4.78 is 31.6. The van der Waals surface area contributed by atoms with Gasteiger partial charge in [-0.25, -0.2) is 8.78 Å². The highest BCUT2D eigenvalue weighted by molar-refractivity contribution is 5.94. The Hall–Kier alpha value is -2.27. The Bertz CT molecular complexity index is 617. The fourth-order valence-electron chi connectivity index (χ4n) is 1.96. The second-order valence-electron chi connectivity index (χ2n) is 4.47. The van der Waals surface area contributed by atoms with Gasteiger partial charge in [0.25, 0.3) is 5.91 Å². The maximum atomic E-state index is 13.5. The summed E-state index contributed by atoms with van der Waals surface area (Å²) in [7, 11) is 1.53. The Morgan fingerprint density at radius 2 is 1.90 bits per heavy atom. The number of halogens is 2. The largest absolute Gasteiger partial charge is 0.375 e. The third-order valence-corrected chi connectivity index (χ3v) is 3.08. The molecule has 0 spiro atoms. The summed E-state index contributed by atoms with van der Waals surface area (Å²) in [5, 5.41) is 2.58. The van der Waals surface area contributed by atoms with Crippen LogP contribution in [0.4, 0.5) is 8.78 Å². The van der Waals surface area contributed by atoms with Gasteiger partial charge in [-0.2, -0.15) is 0 Å². The van der Waals surface area contributed by atoms with E-state index >= 15 is 0 Å².